The molecule has 13 heteroatoms. The van der Waals surface area contributed by atoms with Crippen LogP contribution in [0.2, 0.25) is 0 Å². The second-order valence-corrected chi connectivity index (χ2v) is 10.4. The SMILES string of the molecule is COCCO[C@@H](Cn1c(=O)n(CC(=O)NC(C)C)c(=O)c2c(C)c(-n3cccn3)sc21)c1cc(F)ccc1OC. The number of aromatic nitrogens is 4. The number of methoxy groups -OCH3 is 2. The lowest BCUT2D eigenvalue weighted by atomic mass is 10.1. The highest BCUT2D eigenvalue weighted by atomic mass is 32.1. The van der Waals surface area contributed by atoms with Crippen molar-refractivity contribution in [3.8, 4) is 10.8 Å². The number of thiophene rings is 1. The predicted molar refractivity (Wildman–Crippen MR) is 149 cm³/mol. The summed E-state index contributed by atoms with van der Waals surface area (Å²) in [5.41, 5.74) is -0.280. The summed E-state index contributed by atoms with van der Waals surface area (Å²) in [6.45, 7) is 5.20. The zero-order valence-corrected chi connectivity index (χ0v) is 23.8. The molecule has 0 fully saturated rings. The van der Waals surface area contributed by atoms with Gasteiger partial charge in [-0.3, -0.25) is 18.7 Å². The molecule has 40 heavy (non-hydrogen) atoms. The minimum Gasteiger partial charge on any atom is -0.496 e. The van der Waals surface area contributed by atoms with E-state index < -0.39 is 35.6 Å². The van der Waals surface area contributed by atoms with E-state index in [1.54, 1.807) is 43.9 Å². The summed E-state index contributed by atoms with van der Waals surface area (Å²) >= 11 is 1.22. The lowest BCUT2D eigenvalue weighted by Crippen LogP contribution is -2.45. The number of aryl methyl sites for hydroxylation is 1. The van der Waals surface area contributed by atoms with E-state index >= 15 is 0 Å². The number of carbonyl (C=O) groups is 1. The molecule has 4 aromatic rings. The molecule has 214 valence electrons. The van der Waals surface area contributed by atoms with Gasteiger partial charge in [0, 0.05) is 36.7 Å². The van der Waals surface area contributed by atoms with Crippen molar-refractivity contribution in [3.05, 3.63) is 74.4 Å². The van der Waals surface area contributed by atoms with Crippen molar-refractivity contribution in [2.75, 3.05) is 27.4 Å². The predicted octanol–water partition coefficient (Wildman–Crippen LogP) is 2.80. The van der Waals surface area contributed by atoms with Crippen molar-refractivity contribution in [1.29, 1.82) is 0 Å². The lowest BCUT2D eigenvalue weighted by molar-refractivity contribution is -0.122. The Balaban J connectivity index is 1.94. The Hall–Kier alpha value is -3.81. The highest BCUT2D eigenvalue weighted by Crippen LogP contribution is 2.34. The van der Waals surface area contributed by atoms with Crippen molar-refractivity contribution >= 4 is 27.5 Å². The number of carbonyl (C=O) groups excluding carboxylic acids is 1. The van der Waals surface area contributed by atoms with Crippen molar-refractivity contribution in [2.45, 2.75) is 46.0 Å². The van der Waals surface area contributed by atoms with Crippen LogP contribution in [0.15, 0.2) is 46.2 Å². The van der Waals surface area contributed by atoms with Gasteiger partial charge in [0.05, 0.1) is 32.3 Å². The lowest BCUT2D eigenvalue weighted by Gasteiger charge is -2.22. The van der Waals surface area contributed by atoms with Crippen molar-refractivity contribution in [2.24, 2.45) is 0 Å². The molecule has 0 saturated heterocycles. The second-order valence-electron chi connectivity index (χ2n) is 9.41. The first-order chi connectivity index (χ1) is 19.2. The molecule has 0 spiro atoms. The number of amides is 1. The third kappa shape index (κ3) is 6.01. The molecule has 0 unspecified atom stereocenters. The summed E-state index contributed by atoms with van der Waals surface area (Å²) < 4.78 is 35.0. The zero-order valence-electron chi connectivity index (χ0n) is 23.0. The topological polar surface area (TPSA) is 119 Å². The van der Waals surface area contributed by atoms with E-state index in [0.717, 1.165) is 4.57 Å². The molecule has 0 aliphatic heterocycles. The van der Waals surface area contributed by atoms with Gasteiger partial charge in [-0.05, 0) is 45.0 Å². The van der Waals surface area contributed by atoms with Crippen molar-refractivity contribution < 1.29 is 23.4 Å². The molecule has 4 rings (SSSR count). The van der Waals surface area contributed by atoms with E-state index in [2.05, 4.69) is 10.4 Å². The number of rotatable bonds is 12. The summed E-state index contributed by atoms with van der Waals surface area (Å²) in [7, 11) is 2.98. The summed E-state index contributed by atoms with van der Waals surface area (Å²) in [6.07, 6.45) is 2.50. The average molecular weight is 574 g/mol. The van der Waals surface area contributed by atoms with Gasteiger partial charge >= 0.3 is 5.69 Å². The Morgan fingerprint density at radius 2 is 1.95 bits per heavy atom. The summed E-state index contributed by atoms with van der Waals surface area (Å²) in [4.78, 5) is 40.6. The fourth-order valence-corrected chi connectivity index (χ4v) is 5.68. The molecule has 0 aliphatic rings. The number of halogens is 1. The first-order valence-corrected chi connectivity index (χ1v) is 13.5. The molecule has 11 nitrogen and oxygen atoms in total. The number of hydrogen-bond donors (Lipinski definition) is 1. The Labute approximate surface area is 233 Å². The summed E-state index contributed by atoms with van der Waals surface area (Å²) in [5.74, 6) is -0.603. The number of nitrogens with one attached hydrogen (secondary N) is 1. The highest BCUT2D eigenvalue weighted by molar-refractivity contribution is 7.21. The average Bonchev–Trinajstić information content (AvgIpc) is 3.56. The molecular formula is C27H32FN5O6S. The van der Waals surface area contributed by atoms with Gasteiger partial charge in [-0.2, -0.15) is 5.10 Å². The van der Waals surface area contributed by atoms with E-state index in [0.29, 0.717) is 26.7 Å². The van der Waals surface area contributed by atoms with E-state index in [1.165, 1.54) is 48.3 Å². The quantitative estimate of drug-likeness (QED) is 0.259. The largest absolute Gasteiger partial charge is 0.496 e. The Morgan fingerprint density at radius 3 is 2.60 bits per heavy atom. The van der Waals surface area contributed by atoms with Crippen LogP contribution in [0.4, 0.5) is 4.39 Å². The van der Waals surface area contributed by atoms with Gasteiger partial charge in [-0.15, -0.1) is 0 Å². The summed E-state index contributed by atoms with van der Waals surface area (Å²) in [6, 6.07) is 5.62. The van der Waals surface area contributed by atoms with Crippen LogP contribution >= 0.6 is 11.3 Å². The highest BCUT2D eigenvalue weighted by Gasteiger charge is 2.26. The molecule has 0 radical (unpaired) electrons. The van der Waals surface area contributed by atoms with Crippen LogP contribution < -0.4 is 21.3 Å². The molecule has 0 aliphatic carbocycles. The maximum absolute atomic E-state index is 14.4. The van der Waals surface area contributed by atoms with Crippen LogP contribution in [-0.2, 0) is 27.4 Å². The van der Waals surface area contributed by atoms with Gasteiger partial charge in [0.15, 0.2) is 0 Å². The third-order valence-electron chi connectivity index (χ3n) is 6.23. The van der Waals surface area contributed by atoms with Crippen LogP contribution in [0, 0.1) is 12.7 Å². The van der Waals surface area contributed by atoms with E-state index in [1.807, 2.05) is 0 Å². The smallest absolute Gasteiger partial charge is 0.332 e. The maximum atomic E-state index is 14.4. The molecule has 1 N–H and O–H groups in total. The van der Waals surface area contributed by atoms with Gasteiger partial charge < -0.3 is 19.5 Å². The number of benzene rings is 1. The molecule has 1 aromatic carbocycles. The molecule has 3 aromatic heterocycles. The minimum absolute atomic E-state index is 0.0938. The number of ether oxygens (including phenoxy) is 3. The Morgan fingerprint density at radius 1 is 1.18 bits per heavy atom. The molecule has 0 bridgehead atoms. The van der Waals surface area contributed by atoms with Crippen LogP contribution in [0.3, 0.4) is 0 Å². The normalized spacial score (nSPS) is 12.3. The molecule has 3 heterocycles. The molecule has 1 amide bonds. The monoisotopic (exact) mass is 573 g/mol. The van der Waals surface area contributed by atoms with Crippen molar-refractivity contribution in [1.82, 2.24) is 24.2 Å². The van der Waals surface area contributed by atoms with Gasteiger partial charge in [0.25, 0.3) is 5.56 Å². The van der Waals surface area contributed by atoms with Gasteiger partial charge in [0.2, 0.25) is 5.91 Å². The Kier molecular flexibility index (Phi) is 9.17. The van der Waals surface area contributed by atoms with Crippen LogP contribution in [0.1, 0.15) is 31.1 Å². The molecular weight excluding hydrogens is 541 g/mol. The van der Waals surface area contributed by atoms with E-state index in [4.69, 9.17) is 14.2 Å². The standard InChI is InChI=1S/C27H32FN5O6S/c1-16(2)30-22(34)15-31-24(35)23-17(3)25(33-10-6-9-29-33)40-26(23)32(27(31)36)14-21(39-12-11-37-4)19-13-18(28)7-8-20(19)38-5/h6-10,13,16,21H,11-12,14-15H2,1-5H3,(H,30,34)/t21-/m0/s1. The number of nitrogens with zero attached hydrogens (tertiary/aromatic N) is 4. The number of fused-ring (bicyclic) bond motifs is 1. The second kappa shape index (κ2) is 12.6. The van der Waals surface area contributed by atoms with Gasteiger partial charge in [-0.25, -0.2) is 13.9 Å². The van der Waals surface area contributed by atoms with Crippen LogP contribution in [0.25, 0.3) is 15.2 Å². The summed E-state index contributed by atoms with van der Waals surface area (Å²) in [5, 5.41) is 7.95. The fourth-order valence-electron chi connectivity index (χ4n) is 4.44. The fraction of sp³-hybridized carbons (Fsp3) is 0.407. The van der Waals surface area contributed by atoms with Gasteiger partial charge in [0.1, 0.15) is 34.0 Å². The van der Waals surface area contributed by atoms with Crippen molar-refractivity contribution in [3.63, 3.8) is 0 Å². The molecule has 0 saturated carbocycles. The van der Waals surface area contributed by atoms with E-state index in [9.17, 15) is 18.8 Å². The van der Waals surface area contributed by atoms with Gasteiger partial charge in [-0.1, -0.05) is 11.3 Å². The maximum Gasteiger partial charge on any atom is 0.332 e. The minimum atomic E-state index is -0.854. The Bertz CT molecular complexity index is 1610. The molecule has 1 atom stereocenters. The van der Waals surface area contributed by atoms with E-state index in [-0.39, 0.29) is 31.2 Å². The van der Waals surface area contributed by atoms with Crippen LogP contribution in [-0.4, -0.2) is 58.3 Å². The zero-order chi connectivity index (χ0) is 29.0. The van der Waals surface area contributed by atoms with Crippen LogP contribution in [0.5, 0.6) is 5.75 Å². The first-order valence-electron chi connectivity index (χ1n) is 12.7. The third-order valence-corrected chi connectivity index (χ3v) is 7.53. The number of hydrogen-bond acceptors (Lipinski definition) is 8. The first kappa shape index (κ1) is 29.2.